The maximum atomic E-state index is 11.5. The summed E-state index contributed by atoms with van der Waals surface area (Å²) in [6.07, 6.45) is 0. The molecule has 0 atom stereocenters. The molecule has 0 saturated carbocycles. The first kappa shape index (κ1) is 14.7. The van der Waals surface area contributed by atoms with Crippen LogP contribution in [-0.4, -0.2) is 42.6 Å². The number of ether oxygens (including phenoxy) is 1. The molecule has 0 spiro atoms. The number of aromatic nitrogens is 1. The van der Waals surface area contributed by atoms with Gasteiger partial charge in [0.2, 0.25) is 5.91 Å². The normalized spacial score (nSPS) is 10.5. The Balaban J connectivity index is 1.96. The molecule has 0 aliphatic carbocycles. The molecule has 2 N–H and O–H groups in total. The topological polar surface area (TPSA) is 120 Å². The van der Waals surface area contributed by atoms with E-state index in [1.54, 1.807) is 7.11 Å². The molecule has 9 heteroatoms. The van der Waals surface area contributed by atoms with E-state index in [1.807, 2.05) is 0 Å². The van der Waals surface area contributed by atoms with Crippen molar-refractivity contribution in [2.45, 2.75) is 0 Å². The fourth-order valence-electron chi connectivity index (χ4n) is 1.61. The van der Waals surface area contributed by atoms with Gasteiger partial charge in [-0.2, -0.15) is 4.98 Å². The molecule has 0 saturated heterocycles. The zero-order chi connectivity index (χ0) is 15.2. The van der Waals surface area contributed by atoms with E-state index in [-0.39, 0.29) is 29.7 Å². The van der Waals surface area contributed by atoms with Crippen molar-refractivity contribution in [2.24, 2.45) is 0 Å². The van der Waals surface area contributed by atoms with Crippen LogP contribution in [0.1, 0.15) is 0 Å². The molecule has 1 aromatic heterocycles. The SMILES string of the molecule is COCCNC(=O)CNc1nc2ccc([N+](=O)[O-])cc2o1. The predicted molar refractivity (Wildman–Crippen MR) is 74.0 cm³/mol. The van der Waals surface area contributed by atoms with Gasteiger partial charge in [-0.05, 0) is 6.07 Å². The van der Waals surface area contributed by atoms with E-state index in [0.29, 0.717) is 18.7 Å². The minimum absolute atomic E-state index is 0.0152. The monoisotopic (exact) mass is 294 g/mol. The number of nitrogens with one attached hydrogen (secondary N) is 2. The van der Waals surface area contributed by atoms with Crippen molar-refractivity contribution in [3.05, 3.63) is 28.3 Å². The van der Waals surface area contributed by atoms with Crippen LogP contribution in [0.3, 0.4) is 0 Å². The van der Waals surface area contributed by atoms with Crippen LogP contribution in [0.15, 0.2) is 22.6 Å². The van der Waals surface area contributed by atoms with Gasteiger partial charge in [0, 0.05) is 19.7 Å². The summed E-state index contributed by atoms with van der Waals surface area (Å²) in [6, 6.07) is 4.24. The van der Waals surface area contributed by atoms with Crippen LogP contribution in [0.2, 0.25) is 0 Å². The number of fused-ring (bicyclic) bond motifs is 1. The van der Waals surface area contributed by atoms with Gasteiger partial charge in [0.1, 0.15) is 5.52 Å². The molecule has 0 bridgehead atoms. The van der Waals surface area contributed by atoms with Gasteiger partial charge in [0.15, 0.2) is 5.58 Å². The molecule has 1 heterocycles. The van der Waals surface area contributed by atoms with Crippen LogP contribution in [0, 0.1) is 10.1 Å². The third-order valence-electron chi connectivity index (χ3n) is 2.61. The number of benzene rings is 1. The van der Waals surface area contributed by atoms with E-state index < -0.39 is 4.92 Å². The smallest absolute Gasteiger partial charge is 0.296 e. The second kappa shape index (κ2) is 6.66. The molecular formula is C12H14N4O5. The van der Waals surface area contributed by atoms with Crippen LogP contribution in [0.25, 0.3) is 11.1 Å². The zero-order valence-electron chi connectivity index (χ0n) is 11.3. The van der Waals surface area contributed by atoms with Crippen molar-refractivity contribution in [3.63, 3.8) is 0 Å². The number of carbonyl (C=O) groups is 1. The number of oxazole rings is 1. The lowest BCUT2D eigenvalue weighted by Crippen LogP contribution is -2.32. The number of rotatable bonds is 7. The van der Waals surface area contributed by atoms with E-state index in [2.05, 4.69) is 15.6 Å². The third kappa shape index (κ3) is 3.89. The summed E-state index contributed by atoms with van der Waals surface area (Å²) in [4.78, 5) is 25.7. The van der Waals surface area contributed by atoms with Crippen LogP contribution in [0.5, 0.6) is 0 Å². The second-order valence-electron chi connectivity index (χ2n) is 4.12. The van der Waals surface area contributed by atoms with Crippen molar-refractivity contribution in [1.82, 2.24) is 10.3 Å². The molecule has 0 unspecified atom stereocenters. The van der Waals surface area contributed by atoms with Crippen LogP contribution in [-0.2, 0) is 9.53 Å². The molecule has 1 aromatic carbocycles. The number of nitrogens with zero attached hydrogens (tertiary/aromatic N) is 2. The summed E-state index contributed by atoms with van der Waals surface area (Å²) in [5.41, 5.74) is 0.678. The highest BCUT2D eigenvalue weighted by atomic mass is 16.6. The first-order chi connectivity index (χ1) is 10.1. The molecular weight excluding hydrogens is 280 g/mol. The molecule has 112 valence electrons. The van der Waals surface area contributed by atoms with E-state index in [9.17, 15) is 14.9 Å². The van der Waals surface area contributed by atoms with Crippen LogP contribution in [0.4, 0.5) is 11.7 Å². The summed E-state index contributed by atoms with van der Waals surface area (Å²) >= 11 is 0. The van der Waals surface area contributed by atoms with E-state index in [0.717, 1.165) is 0 Å². The molecule has 9 nitrogen and oxygen atoms in total. The Morgan fingerprint density at radius 3 is 3.05 bits per heavy atom. The van der Waals surface area contributed by atoms with Gasteiger partial charge in [-0.25, -0.2) is 0 Å². The average molecular weight is 294 g/mol. The Morgan fingerprint density at radius 2 is 2.33 bits per heavy atom. The van der Waals surface area contributed by atoms with Crippen molar-refractivity contribution in [3.8, 4) is 0 Å². The van der Waals surface area contributed by atoms with Crippen molar-refractivity contribution in [2.75, 3.05) is 32.1 Å². The lowest BCUT2D eigenvalue weighted by Gasteiger charge is -2.04. The highest BCUT2D eigenvalue weighted by molar-refractivity contribution is 5.81. The van der Waals surface area contributed by atoms with Crippen molar-refractivity contribution < 1.29 is 18.9 Å². The van der Waals surface area contributed by atoms with Gasteiger partial charge in [-0.3, -0.25) is 14.9 Å². The average Bonchev–Trinajstić information content (AvgIpc) is 2.87. The number of hydrogen-bond acceptors (Lipinski definition) is 7. The molecule has 0 aliphatic heterocycles. The van der Waals surface area contributed by atoms with Gasteiger partial charge in [-0.15, -0.1) is 0 Å². The molecule has 21 heavy (non-hydrogen) atoms. The number of nitro benzene ring substituents is 1. The Hall–Kier alpha value is -2.68. The number of methoxy groups -OCH3 is 1. The number of hydrogen-bond donors (Lipinski definition) is 2. The van der Waals surface area contributed by atoms with Crippen LogP contribution < -0.4 is 10.6 Å². The Labute approximate surface area is 119 Å². The van der Waals surface area contributed by atoms with Crippen LogP contribution >= 0.6 is 0 Å². The van der Waals surface area contributed by atoms with E-state index >= 15 is 0 Å². The number of amides is 1. The lowest BCUT2D eigenvalue weighted by molar-refractivity contribution is -0.384. The molecule has 0 aliphatic rings. The largest absolute Gasteiger partial charge is 0.423 e. The molecule has 2 rings (SSSR count). The maximum Gasteiger partial charge on any atom is 0.296 e. The van der Waals surface area contributed by atoms with Gasteiger partial charge in [0.25, 0.3) is 11.7 Å². The summed E-state index contributed by atoms with van der Waals surface area (Å²) in [5, 5.41) is 16.0. The summed E-state index contributed by atoms with van der Waals surface area (Å²) in [7, 11) is 1.54. The van der Waals surface area contributed by atoms with Gasteiger partial charge in [0.05, 0.1) is 24.1 Å². The number of non-ortho nitro benzene ring substituents is 1. The first-order valence-electron chi connectivity index (χ1n) is 6.14. The molecule has 1 amide bonds. The second-order valence-corrected chi connectivity index (χ2v) is 4.12. The Bertz CT molecular complexity index is 654. The van der Waals surface area contributed by atoms with Crippen molar-refractivity contribution >= 4 is 28.7 Å². The zero-order valence-corrected chi connectivity index (χ0v) is 11.3. The number of nitro groups is 1. The predicted octanol–water partition coefficient (Wildman–Crippen LogP) is 0.910. The fourth-order valence-corrected chi connectivity index (χ4v) is 1.61. The molecule has 2 aromatic rings. The standard InChI is InChI=1S/C12H14N4O5/c1-20-5-4-13-11(17)7-14-12-15-9-3-2-8(16(18)19)6-10(9)21-12/h2-3,6H,4-5,7H2,1H3,(H,13,17)(H,14,15). The van der Waals surface area contributed by atoms with Gasteiger partial charge < -0.3 is 19.8 Å². The van der Waals surface area contributed by atoms with Gasteiger partial charge in [-0.1, -0.05) is 0 Å². The van der Waals surface area contributed by atoms with E-state index in [1.165, 1.54) is 18.2 Å². The summed E-state index contributed by atoms with van der Waals surface area (Å²) in [5.74, 6) is -0.236. The minimum atomic E-state index is -0.516. The molecule has 0 fully saturated rings. The quantitative estimate of drug-likeness (QED) is 0.442. The minimum Gasteiger partial charge on any atom is -0.423 e. The Kier molecular flexibility index (Phi) is 4.67. The summed E-state index contributed by atoms with van der Waals surface area (Å²) in [6.45, 7) is 0.827. The van der Waals surface area contributed by atoms with Crippen molar-refractivity contribution in [1.29, 1.82) is 0 Å². The number of carbonyl (C=O) groups excluding carboxylic acids is 1. The Morgan fingerprint density at radius 1 is 1.52 bits per heavy atom. The molecule has 0 radical (unpaired) electrons. The fraction of sp³-hybridized carbons (Fsp3) is 0.333. The lowest BCUT2D eigenvalue weighted by atomic mass is 10.3. The first-order valence-corrected chi connectivity index (χ1v) is 6.14. The highest BCUT2D eigenvalue weighted by Gasteiger charge is 2.12. The highest BCUT2D eigenvalue weighted by Crippen LogP contribution is 2.23. The summed E-state index contributed by atoms with van der Waals surface area (Å²) < 4.78 is 10.1. The maximum absolute atomic E-state index is 11.5. The number of anilines is 1. The van der Waals surface area contributed by atoms with E-state index in [4.69, 9.17) is 9.15 Å². The van der Waals surface area contributed by atoms with Gasteiger partial charge >= 0.3 is 0 Å². The third-order valence-corrected chi connectivity index (χ3v) is 2.61.